The number of halogens is 2. The summed E-state index contributed by atoms with van der Waals surface area (Å²) in [5.41, 5.74) is 3.08. The molecule has 1 nitrogen and oxygen atoms in total. The largest absolute Gasteiger partial charge is 0.459 e. The highest BCUT2D eigenvalue weighted by atomic mass is 19.3. The first-order valence-corrected chi connectivity index (χ1v) is 7.56. The third-order valence-electron chi connectivity index (χ3n) is 3.26. The van der Waals surface area contributed by atoms with Gasteiger partial charge in [0.15, 0.2) is 6.26 Å². The minimum absolute atomic E-state index is 0.351. The van der Waals surface area contributed by atoms with E-state index >= 15 is 0 Å². The van der Waals surface area contributed by atoms with E-state index in [1.807, 2.05) is 12.1 Å². The van der Waals surface area contributed by atoms with Crippen LogP contribution in [0.3, 0.4) is 0 Å². The maximum Gasteiger partial charge on any atom is 0.305 e. The van der Waals surface area contributed by atoms with Crippen LogP contribution < -0.4 is 4.74 Å². The fourth-order valence-corrected chi connectivity index (χ4v) is 2.01. The van der Waals surface area contributed by atoms with Crippen molar-refractivity contribution < 1.29 is 13.5 Å². The van der Waals surface area contributed by atoms with E-state index in [0.717, 1.165) is 17.5 Å². The highest BCUT2D eigenvalue weighted by Gasteiger charge is 1.95. The lowest BCUT2D eigenvalue weighted by Gasteiger charge is -2.00. The molecule has 2 rings (SSSR count). The Hall–Kier alpha value is -2.60. The molecule has 2 aromatic carbocycles. The van der Waals surface area contributed by atoms with Crippen molar-refractivity contribution in [3.05, 3.63) is 77.6 Å². The second-order valence-electron chi connectivity index (χ2n) is 5.10. The van der Waals surface area contributed by atoms with Crippen molar-refractivity contribution in [1.82, 2.24) is 0 Å². The van der Waals surface area contributed by atoms with Gasteiger partial charge in [-0.15, -0.1) is 0 Å². The number of rotatable bonds is 5. The molecule has 0 fully saturated rings. The van der Waals surface area contributed by atoms with Crippen LogP contribution in [-0.4, -0.2) is 0 Å². The molecule has 0 saturated carbocycles. The summed E-state index contributed by atoms with van der Waals surface area (Å²) in [5, 5.41) is 0. The summed E-state index contributed by atoms with van der Waals surface area (Å²) in [5.74, 6) is 6.49. The van der Waals surface area contributed by atoms with Gasteiger partial charge in [-0.25, -0.2) is 0 Å². The molecule has 23 heavy (non-hydrogen) atoms. The first-order valence-electron chi connectivity index (χ1n) is 7.56. The van der Waals surface area contributed by atoms with E-state index in [1.165, 1.54) is 18.4 Å². The molecule has 3 heteroatoms. The van der Waals surface area contributed by atoms with Gasteiger partial charge >= 0.3 is 6.08 Å². The Balaban J connectivity index is 1.99. The lowest BCUT2D eigenvalue weighted by Crippen LogP contribution is -1.85. The van der Waals surface area contributed by atoms with Gasteiger partial charge in [0.25, 0.3) is 0 Å². The minimum Gasteiger partial charge on any atom is -0.459 e. The molecule has 118 valence electrons. The van der Waals surface area contributed by atoms with E-state index in [2.05, 4.69) is 30.9 Å². The van der Waals surface area contributed by atoms with E-state index in [-0.39, 0.29) is 0 Å². The zero-order valence-corrected chi connectivity index (χ0v) is 13.0. The van der Waals surface area contributed by atoms with Crippen molar-refractivity contribution in [2.75, 3.05) is 0 Å². The lowest BCUT2D eigenvalue weighted by atomic mass is 10.1. The molecule has 2 aromatic rings. The second kappa shape index (κ2) is 8.75. The number of benzene rings is 2. The minimum atomic E-state index is -1.86. The van der Waals surface area contributed by atoms with Crippen molar-refractivity contribution >= 4 is 0 Å². The number of aryl methyl sites for hydroxylation is 1. The van der Waals surface area contributed by atoms with Gasteiger partial charge in [0.1, 0.15) is 5.75 Å². The summed E-state index contributed by atoms with van der Waals surface area (Å²) in [6.45, 7) is 2.18. The van der Waals surface area contributed by atoms with Crippen LogP contribution in [0.2, 0.25) is 0 Å². The quantitative estimate of drug-likeness (QED) is 0.520. The maximum atomic E-state index is 11.9. The molecule has 0 bridgehead atoms. The third-order valence-corrected chi connectivity index (χ3v) is 3.26. The molecule has 0 aliphatic carbocycles. The van der Waals surface area contributed by atoms with E-state index in [1.54, 1.807) is 24.3 Å². The van der Waals surface area contributed by atoms with Gasteiger partial charge in [-0.2, -0.15) is 8.78 Å². The highest BCUT2D eigenvalue weighted by molar-refractivity contribution is 5.44. The summed E-state index contributed by atoms with van der Waals surface area (Å²) < 4.78 is 28.6. The van der Waals surface area contributed by atoms with Crippen LogP contribution in [0.4, 0.5) is 8.78 Å². The molecule has 0 atom stereocenters. The monoisotopic (exact) mass is 312 g/mol. The summed E-state index contributed by atoms with van der Waals surface area (Å²) in [6, 6.07) is 14.9. The van der Waals surface area contributed by atoms with Gasteiger partial charge in [0.05, 0.1) is 0 Å². The molecule has 0 amide bonds. The van der Waals surface area contributed by atoms with Gasteiger partial charge in [-0.05, 0) is 54.8 Å². The second-order valence-corrected chi connectivity index (χ2v) is 5.10. The van der Waals surface area contributed by atoms with Crippen molar-refractivity contribution in [3.63, 3.8) is 0 Å². The molecule has 0 aliphatic rings. The smallest absolute Gasteiger partial charge is 0.305 e. The zero-order valence-electron chi connectivity index (χ0n) is 13.0. The van der Waals surface area contributed by atoms with Crippen LogP contribution >= 0.6 is 0 Å². The SMILES string of the molecule is CCCCc1ccc(C#Cc2ccc(OC=C(F)F)cc2)cc1. The van der Waals surface area contributed by atoms with E-state index in [0.29, 0.717) is 12.0 Å². The predicted molar refractivity (Wildman–Crippen MR) is 88.4 cm³/mol. The topological polar surface area (TPSA) is 9.23 Å². The Morgan fingerprint density at radius 2 is 1.52 bits per heavy atom. The third kappa shape index (κ3) is 5.96. The van der Waals surface area contributed by atoms with Crippen LogP contribution in [0.5, 0.6) is 5.75 Å². The normalized spacial score (nSPS) is 9.70. The zero-order chi connectivity index (χ0) is 16.5. The molecule has 0 aromatic heterocycles. The number of hydrogen-bond donors (Lipinski definition) is 0. The van der Waals surface area contributed by atoms with Gasteiger partial charge in [0.2, 0.25) is 0 Å². The molecule has 0 radical (unpaired) electrons. The molecular weight excluding hydrogens is 294 g/mol. The molecule has 0 N–H and O–H groups in total. The average Bonchev–Trinajstić information content (AvgIpc) is 2.58. The Bertz CT molecular complexity index is 700. The highest BCUT2D eigenvalue weighted by Crippen LogP contribution is 2.13. The van der Waals surface area contributed by atoms with Crippen LogP contribution in [0.25, 0.3) is 0 Å². The molecule has 0 saturated heterocycles. The van der Waals surface area contributed by atoms with E-state index in [9.17, 15) is 8.78 Å². The van der Waals surface area contributed by atoms with Gasteiger partial charge in [-0.3, -0.25) is 0 Å². The first kappa shape index (κ1) is 16.8. The molecule has 0 aliphatic heterocycles. The van der Waals surface area contributed by atoms with Gasteiger partial charge < -0.3 is 4.74 Å². The van der Waals surface area contributed by atoms with Crippen molar-refractivity contribution in [1.29, 1.82) is 0 Å². The Morgan fingerprint density at radius 1 is 0.957 bits per heavy atom. The summed E-state index contributed by atoms with van der Waals surface area (Å²) in [7, 11) is 0. The fraction of sp³-hybridized carbons (Fsp3) is 0.200. The van der Waals surface area contributed by atoms with Crippen LogP contribution in [0.15, 0.2) is 60.9 Å². The predicted octanol–water partition coefficient (Wildman–Crippen LogP) is 5.55. The number of unbranched alkanes of at least 4 members (excludes halogenated alkanes) is 1. The Morgan fingerprint density at radius 3 is 2.04 bits per heavy atom. The lowest BCUT2D eigenvalue weighted by molar-refractivity contribution is 0.365. The Labute approximate surface area is 135 Å². The van der Waals surface area contributed by atoms with Crippen LogP contribution in [0, 0.1) is 11.8 Å². The first-order chi connectivity index (χ1) is 11.2. The summed E-state index contributed by atoms with van der Waals surface area (Å²) in [6.07, 6.45) is 2.03. The molecule has 0 unspecified atom stereocenters. The van der Waals surface area contributed by atoms with Crippen molar-refractivity contribution in [2.24, 2.45) is 0 Å². The maximum absolute atomic E-state index is 11.9. The summed E-state index contributed by atoms with van der Waals surface area (Å²) >= 11 is 0. The van der Waals surface area contributed by atoms with Gasteiger partial charge in [0, 0.05) is 11.1 Å². The van der Waals surface area contributed by atoms with E-state index < -0.39 is 6.08 Å². The molecular formula is C20H18F2O. The molecule has 0 heterocycles. The van der Waals surface area contributed by atoms with Crippen molar-refractivity contribution in [3.8, 4) is 17.6 Å². The van der Waals surface area contributed by atoms with Gasteiger partial charge in [-0.1, -0.05) is 37.3 Å². The average molecular weight is 312 g/mol. The molecule has 0 spiro atoms. The number of ether oxygens (including phenoxy) is 1. The van der Waals surface area contributed by atoms with E-state index in [4.69, 9.17) is 4.74 Å². The standard InChI is InChI=1S/C20H18F2O/c1-2-3-4-16-5-7-17(8-6-16)9-10-18-11-13-19(14-12-18)23-15-20(21)22/h5-8,11-15H,2-4H2,1H3. The fourth-order valence-electron chi connectivity index (χ4n) is 2.01. The van der Waals surface area contributed by atoms with Crippen LogP contribution in [-0.2, 0) is 6.42 Å². The number of hydrogen-bond acceptors (Lipinski definition) is 1. The summed E-state index contributed by atoms with van der Waals surface area (Å²) in [4.78, 5) is 0. The Kier molecular flexibility index (Phi) is 6.38. The van der Waals surface area contributed by atoms with Crippen molar-refractivity contribution in [2.45, 2.75) is 26.2 Å². The van der Waals surface area contributed by atoms with Crippen LogP contribution in [0.1, 0.15) is 36.5 Å².